The summed E-state index contributed by atoms with van der Waals surface area (Å²) in [7, 11) is 0. The van der Waals surface area contributed by atoms with Crippen LogP contribution in [0.1, 0.15) is 418 Å². The maximum absolute atomic E-state index is 12.5. The lowest BCUT2D eigenvalue weighted by atomic mass is 10.0. The highest BCUT2D eigenvalue weighted by Crippen LogP contribution is 2.20. The van der Waals surface area contributed by atoms with Gasteiger partial charge in [-0.1, -0.05) is 380 Å². The number of carbonyl (C=O) groups is 2. The second-order valence-corrected chi connectivity index (χ2v) is 24.9. The third-order valence-corrected chi connectivity index (χ3v) is 17.2. The molecule has 0 saturated heterocycles. The van der Waals surface area contributed by atoms with Crippen molar-refractivity contribution in [1.29, 1.82) is 0 Å². The number of nitrogens with one attached hydrogen (secondary N) is 1. The number of hydrogen-bond acceptors (Lipinski definition) is 5. The summed E-state index contributed by atoms with van der Waals surface area (Å²) >= 11 is 0. The van der Waals surface area contributed by atoms with Crippen LogP contribution in [0.5, 0.6) is 0 Å². The SMILES string of the molecule is CCCCCCCCCCCCCCCCCCC(O)C(CO)NC(=O)CCCCCCCCCCCCCCCCCCCCCCCCCCCCCCCOC(=O)CCCCCCCCCCCCCCCCC. The molecule has 0 heterocycles. The zero-order valence-corrected chi connectivity index (χ0v) is 52.7. The molecule has 6 nitrogen and oxygen atoms in total. The fourth-order valence-electron chi connectivity index (χ4n) is 11.7. The number of unbranched alkanes of at least 4 members (excludes halogenated alkanes) is 57. The molecule has 2 atom stereocenters. The monoisotopic (exact) mass is 1090 g/mol. The molecule has 0 spiro atoms. The van der Waals surface area contributed by atoms with Crippen molar-refractivity contribution in [3.05, 3.63) is 0 Å². The normalized spacial score (nSPS) is 12.4. The summed E-state index contributed by atoms with van der Waals surface area (Å²) in [5, 5.41) is 23.4. The molecule has 0 aliphatic carbocycles. The van der Waals surface area contributed by atoms with E-state index in [1.54, 1.807) is 0 Å². The van der Waals surface area contributed by atoms with Crippen LogP contribution in [-0.2, 0) is 14.3 Å². The molecule has 0 radical (unpaired) electrons. The summed E-state index contributed by atoms with van der Waals surface area (Å²) in [4.78, 5) is 24.6. The number of esters is 1. The first kappa shape index (κ1) is 75.9. The van der Waals surface area contributed by atoms with E-state index in [4.69, 9.17) is 4.74 Å². The Bertz CT molecular complexity index is 1120. The molecule has 3 N–H and O–H groups in total. The molecule has 0 aliphatic rings. The van der Waals surface area contributed by atoms with E-state index in [0.29, 0.717) is 25.9 Å². The average molecular weight is 1090 g/mol. The molecule has 6 heteroatoms. The van der Waals surface area contributed by atoms with E-state index in [2.05, 4.69) is 19.2 Å². The number of aliphatic hydroxyl groups excluding tert-OH is 2. The summed E-state index contributed by atoms with van der Waals surface area (Å²) < 4.78 is 5.50. The van der Waals surface area contributed by atoms with Crippen molar-refractivity contribution in [3.63, 3.8) is 0 Å². The van der Waals surface area contributed by atoms with Crippen LogP contribution in [0.2, 0.25) is 0 Å². The van der Waals surface area contributed by atoms with Crippen LogP contribution in [0.3, 0.4) is 0 Å². The van der Waals surface area contributed by atoms with Gasteiger partial charge in [0, 0.05) is 12.8 Å². The highest BCUT2D eigenvalue weighted by molar-refractivity contribution is 5.76. The third-order valence-electron chi connectivity index (χ3n) is 17.2. The van der Waals surface area contributed by atoms with Gasteiger partial charge in [0.2, 0.25) is 5.91 Å². The lowest BCUT2D eigenvalue weighted by Crippen LogP contribution is -2.45. The van der Waals surface area contributed by atoms with Gasteiger partial charge in [-0.05, 0) is 25.7 Å². The summed E-state index contributed by atoms with van der Waals surface area (Å²) in [6, 6.07) is -0.537. The van der Waals surface area contributed by atoms with Crippen molar-refractivity contribution in [2.45, 2.75) is 431 Å². The average Bonchev–Trinajstić information content (AvgIpc) is 3.43. The number of hydrogen-bond donors (Lipinski definition) is 3. The Morgan fingerprint density at radius 2 is 0.532 bits per heavy atom. The highest BCUT2D eigenvalue weighted by atomic mass is 16.5. The predicted molar refractivity (Wildman–Crippen MR) is 338 cm³/mol. The van der Waals surface area contributed by atoms with E-state index in [-0.39, 0.29) is 18.5 Å². The molecule has 0 aromatic carbocycles. The number of ether oxygens (including phenoxy) is 1. The molecular weight excluding hydrogens is 947 g/mol. The molecule has 0 aromatic rings. The standard InChI is InChI=1S/C71H141NO5/c1-3-5-7-9-11-13-15-17-19-36-39-43-47-51-55-59-63-69(74)68(67-73)72-70(75)64-60-56-52-48-44-40-37-33-31-29-27-25-23-21-20-22-24-26-28-30-32-34-38-42-46-50-54-58-62-66-77-71(76)65-61-57-53-49-45-41-35-18-16-14-12-10-8-6-4-2/h68-69,73-74H,3-67H2,1-2H3,(H,72,75). The van der Waals surface area contributed by atoms with Gasteiger partial charge < -0.3 is 20.3 Å². The minimum absolute atomic E-state index is 0.0236. The molecule has 0 saturated carbocycles. The fraction of sp³-hybridized carbons (Fsp3) is 0.972. The van der Waals surface area contributed by atoms with Crippen LogP contribution in [0, 0.1) is 0 Å². The van der Waals surface area contributed by atoms with E-state index in [9.17, 15) is 19.8 Å². The Kier molecular flexibility index (Phi) is 66.4. The number of carbonyl (C=O) groups excluding carboxylic acids is 2. The van der Waals surface area contributed by atoms with E-state index in [1.165, 1.54) is 347 Å². The van der Waals surface area contributed by atoms with Crippen LogP contribution in [0.4, 0.5) is 0 Å². The molecule has 1 amide bonds. The van der Waals surface area contributed by atoms with Gasteiger partial charge in [-0.2, -0.15) is 0 Å². The van der Waals surface area contributed by atoms with Crippen molar-refractivity contribution in [2.75, 3.05) is 13.2 Å². The zero-order valence-electron chi connectivity index (χ0n) is 52.7. The topological polar surface area (TPSA) is 95.9 Å². The molecule has 460 valence electrons. The zero-order chi connectivity index (χ0) is 55.7. The van der Waals surface area contributed by atoms with Crippen molar-refractivity contribution < 1.29 is 24.5 Å². The van der Waals surface area contributed by atoms with E-state index >= 15 is 0 Å². The van der Waals surface area contributed by atoms with Gasteiger partial charge in [0.05, 0.1) is 25.4 Å². The first-order chi connectivity index (χ1) is 38.0. The molecule has 77 heavy (non-hydrogen) atoms. The Labute approximate surface area is 483 Å². The molecule has 0 aromatic heterocycles. The Morgan fingerprint density at radius 1 is 0.312 bits per heavy atom. The summed E-state index contributed by atoms with van der Waals surface area (Å²) in [5.41, 5.74) is 0. The van der Waals surface area contributed by atoms with Gasteiger partial charge in [0.25, 0.3) is 0 Å². The van der Waals surface area contributed by atoms with Crippen molar-refractivity contribution in [2.24, 2.45) is 0 Å². The molecular formula is C71H141NO5. The van der Waals surface area contributed by atoms with Crippen LogP contribution in [0.25, 0.3) is 0 Å². The van der Waals surface area contributed by atoms with Crippen LogP contribution in [0.15, 0.2) is 0 Å². The van der Waals surface area contributed by atoms with E-state index in [1.807, 2.05) is 0 Å². The summed E-state index contributed by atoms with van der Waals surface area (Å²) in [6.45, 7) is 5.00. The first-order valence-corrected chi connectivity index (χ1v) is 35.8. The second-order valence-electron chi connectivity index (χ2n) is 24.9. The van der Waals surface area contributed by atoms with Gasteiger partial charge >= 0.3 is 5.97 Å². The lowest BCUT2D eigenvalue weighted by Gasteiger charge is -2.22. The first-order valence-electron chi connectivity index (χ1n) is 35.8. The lowest BCUT2D eigenvalue weighted by molar-refractivity contribution is -0.143. The van der Waals surface area contributed by atoms with Crippen molar-refractivity contribution in [1.82, 2.24) is 5.32 Å². The summed E-state index contributed by atoms with van der Waals surface area (Å²) in [6.07, 6.45) is 81.6. The number of amides is 1. The van der Waals surface area contributed by atoms with Crippen molar-refractivity contribution >= 4 is 11.9 Å². The molecule has 0 fully saturated rings. The molecule has 2 unspecified atom stereocenters. The third kappa shape index (κ3) is 63.9. The minimum Gasteiger partial charge on any atom is -0.466 e. The predicted octanol–water partition coefficient (Wildman–Crippen LogP) is 23.0. The van der Waals surface area contributed by atoms with Gasteiger partial charge in [0.15, 0.2) is 0 Å². The Hall–Kier alpha value is -1.14. The Morgan fingerprint density at radius 3 is 0.792 bits per heavy atom. The second kappa shape index (κ2) is 67.4. The van der Waals surface area contributed by atoms with E-state index in [0.717, 1.165) is 38.5 Å². The van der Waals surface area contributed by atoms with Crippen LogP contribution >= 0.6 is 0 Å². The molecule has 0 aliphatic heterocycles. The minimum atomic E-state index is -0.661. The quantitative estimate of drug-likeness (QED) is 0.0417. The summed E-state index contributed by atoms with van der Waals surface area (Å²) in [5.74, 6) is -0.00356. The number of aliphatic hydroxyl groups is 2. The number of rotatable bonds is 68. The van der Waals surface area contributed by atoms with Crippen LogP contribution < -0.4 is 5.32 Å². The smallest absolute Gasteiger partial charge is 0.305 e. The molecule has 0 bridgehead atoms. The van der Waals surface area contributed by atoms with Crippen molar-refractivity contribution in [3.8, 4) is 0 Å². The van der Waals surface area contributed by atoms with Gasteiger partial charge in [-0.3, -0.25) is 9.59 Å². The fourth-order valence-corrected chi connectivity index (χ4v) is 11.7. The van der Waals surface area contributed by atoms with E-state index < -0.39 is 12.1 Å². The van der Waals surface area contributed by atoms with Crippen LogP contribution in [-0.4, -0.2) is 47.4 Å². The highest BCUT2D eigenvalue weighted by Gasteiger charge is 2.20. The molecule has 0 rings (SSSR count). The Balaban J connectivity index is 3.31. The maximum Gasteiger partial charge on any atom is 0.305 e. The van der Waals surface area contributed by atoms with Gasteiger partial charge in [-0.25, -0.2) is 0 Å². The largest absolute Gasteiger partial charge is 0.466 e. The maximum atomic E-state index is 12.5. The van der Waals surface area contributed by atoms with Gasteiger partial charge in [-0.15, -0.1) is 0 Å². The van der Waals surface area contributed by atoms with Gasteiger partial charge in [0.1, 0.15) is 0 Å².